The molecule has 1 N–H and O–H groups in total. The largest absolute Gasteiger partial charge is 0.350 e. The van der Waals surface area contributed by atoms with Crippen LogP contribution in [0.3, 0.4) is 0 Å². The lowest BCUT2D eigenvalue weighted by Gasteiger charge is -2.28. The van der Waals surface area contributed by atoms with Gasteiger partial charge in [-0.3, -0.25) is 4.79 Å². The normalized spacial score (nSPS) is 18.8. The molecule has 1 amide bonds. The summed E-state index contributed by atoms with van der Waals surface area (Å²) in [5.74, 6) is 0.335. The standard InChI is InChI=1S/C16H23FN2O/c1-12(14-3-5-15(17)6-4-14)18-16(20)11-13-7-9-19(2)10-8-13/h3-6,12-13H,7-11H2,1-2H3,(H,18,20)/t12-/m1/s1. The lowest BCUT2D eigenvalue weighted by molar-refractivity contribution is -0.123. The van der Waals surface area contributed by atoms with Crippen LogP contribution in [-0.2, 0) is 4.79 Å². The van der Waals surface area contributed by atoms with E-state index in [4.69, 9.17) is 0 Å². The summed E-state index contributed by atoms with van der Waals surface area (Å²) in [6.45, 7) is 4.08. The summed E-state index contributed by atoms with van der Waals surface area (Å²) in [5, 5.41) is 3.00. The summed E-state index contributed by atoms with van der Waals surface area (Å²) in [4.78, 5) is 14.3. The molecule has 3 nitrogen and oxygen atoms in total. The number of carbonyl (C=O) groups is 1. The van der Waals surface area contributed by atoms with Crippen LogP contribution in [0.15, 0.2) is 24.3 Å². The van der Waals surface area contributed by atoms with Gasteiger partial charge in [0, 0.05) is 6.42 Å². The number of benzene rings is 1. The zero-order chi connectivity index (χ0) is 14.5. The maximum absolute atomic E-state index is 12.9. The lowest BCUT2D eigenvalue weighted by atomic mass is 9.93. The molecule has 0 bridgehead atoms. The fraction of sp³-hybridized carbons (Fsp3) is 0.562. The van der Waals surface area contributed by atoms with Crippen molar-refractivity contribution in [2.24, 2.45) is 5.92 Å². The lowest BCUT2D eigenvalue weighted by Crippen LogP contribution is -2.34. The molecular formula is C16H23FN2O. The van der Waals surface area contributed by atoms with Gasteiger partial charge in [0.15, 0.2) is 0 Å². The highest BCUT2D eigenvalue weighted by molar-refractivity contribution is 5.76. The van der Waals surface area contributed by atoms with Crippen LogP contribution < -0.4 is 5.32 Å². The van der Waals surface area contributed by atoms with Gasteiger partial charge in [-0.1, -0.05) is 12.1 Å². The van der Waals surface area contributed by atoms with Gasteiger partial charge in [-0.25, -0.2) is 4.39 Å². The van der Waals surface area contributed by atoms with Crippen molar-refractivity contribution in [2.75, 3.05) is 20.1 Å². The topological polar surface area (TPSA) is 32.3 Å². The molecule has 0 aromatic heterocycles. The number of likely N-dealkylation sites (tertiary alicyclic amines) is 1. The fourth-order valence-corrected chi connectivity index (χ4v) is 2.66. The molecular weight excluding hydrogens is 255 g/mol. The molecule has 1 aromatic carbocycles. The molecule has 0 aliphatic carbocycles. The molecule has 0 unspecified atom stereocenters. The van der Waals surface area contributed by atoms with Crippen molar-refractivity contribution in [1.82, 2.24) is 10.2 Å². The van der Waals surface area contributed by atoms with Crippen molar-refractivity contribution in [3.8, 4) is 0 Å². The highest BCUT2D eigenvalue weighted by Crippen LogP contribution is 2.20. The van der Waals surface area contributed by atoms with E-state index in [1.165, 1.54) is 12.1 Å². The van der Waals surface area contributed by atoms with Crippen LogP contribution >= 0.6 is 0 Å². The van der Waals surface area contributed by atoms with Gasteiger partial charge in [-0.05, 0) is 63.5 Å². The number of hydrogen-bond acceptors (Lipinski definition) is 2. The zero-order valence-electron chi connectivity index (χ0n) is 12.2. The smallest absolute Gasteiger partial charge is 0.220 e. The second kappa shape index (κ2) is 6.84. The van der Waals surface area contributed by atoms with Crippen LogP contribution in [-0.4, -0.2) is 30.9 Å². The summed E-state index contributed by atoms with van der Waals surface area (Å²) in [5.41, 5.74) is 0.933. The average Bonchev–Trinajstić information content (AvgIpc) is 2.42. The van der Waals surface area contributed by atoms with E-state index in [0.29, 0.717) is 12.3 Å². The minimum atomic E-state index is -0.251. The van der Waals surface area contributed by atoms with Crippen molar-refractivity contribution in [3.05, 3.63) is 35.6 Å². The van der Waals surface area contributed by atoms with Gasteiger partial charge < -0.3 is 10.2 Å². The second-order valence-electron chi connectivity index (χ2n) is 5.79. The number of piperidine rings is 1. The Balaban J connectivity index is 1.80. The highest BCUT2D eigenvalue weighted by Gasteiger charge is 2.20. The molecule has 110 valence electrons. The predicted molar refractivity (Wildman–Crippen MR) is 77.8 cm³/mol. The SMILES string of the molecule is C[C@@H](NC(=O)CC1CCN(C)CC1)c1ccc(F)cc1. The molecule has 1 aromatic rings. The Morgan fingerprint density at radius 1 is 1.35 bits per heavy atom. The molecule has 20 heavy (non-hydrogen) atoms. The van der Waals surface area contributed by atoms with Crippen molar-refractivity contribution in [3.63, 3.8) is 0 Å². The van der Waals surface area contributed by atoms with Gasteiger partial charge in [0.25, 0.3) is 0 Å². The third-order valence-corrected chi connectivity index (χ3v) is 4.06. The Bertz CT molecular complexity index is 438. The van der Waals surface area contributed by atoms with E-state index in [1.54, 1.807) is 12.1 Å². The van der Waals surface area contributed by atoms with E-state index in [9.17, 15) is 9.18 Å². The van der Waals surface area contributed by atoms with Crippen LogP contribution in [0.5, 0.6) is 0 Å². The summed E-state index contributed by atoms with van der Waals surface area (Å²) >= 11 is 0. The van der Waals surface area contributed by atoms with Crippen molar-refractivity contribution in [2.45, 2.75) is 32.2 Å². The van der Waals surface area contributed by atoms with Gasteiger partial charge in [0.2, 0.25) is 5.91 Å². The molecule has 0 spiro atoms. The van der Waals surface area contributed by atoms with Crippen LogP contribution in [0, 0.1) is 11.7 Å². The molecule has 1 fully saturated rings. The number of carbonyl (C=O) groups excluding carboxylic acids is 1. The molecule has 1 saturated heterocycles. The first-order valence-corrected chi connectivity index (χ1v) is 7.28. The molecule has 2 rings (SSSR count). The molecule has 1 heterocycles. The van der Waals surface area contributed by atoms with Gasteiger partial charge in [-0.15, -0.1) is 0 Å². The number of rotatable bonds is 4. The van der Waals surface area contributed by atoms with E-state index in [1.807, 2.05) is 6.92 Å². The number of hydrogen-bond donors (Lipinski definition) is 1. The van der Waals surface area contributed by atoms with Gasteiger partial charge in [0.1, 0.15) is 5.82 Å². The van der Waals surface area contributed by atoms with Crippen molar-refractivity contribution < 1.29 is 9.18 Å². The van der Waals surface area contributed by atoms with Crippen LogP contribution in [0.4, 0.5) is 4.39 Å². The quantitative estimate of drug-likeness (QED) is 0.918. The highest BCUT2D eigenvalue weighted by atomic mass is 19.1. The Morgan fingerprint density at radius 3 is 2.55 bits per heavy atom. The molecule has 1 aliphatic heterocycles. The van der Waals surface area contributed by atoms with Crippen LogP contribution in [0.2, 0.25) is 0 Å². The second-order valence-corrected chi connectivity index (χ2v) is 5.79. The number of amides is 1. The maximum Gasteiger partial charge on any atom is 0.220 e. The number of halogens is 1. The van der Waals surface area contributed by atoms with Crippen molar-refractivity contribution >= 4 is 5.91 Å². The third kappa shape index (κ3) is 4.30. The van der Waals surface area contributed by atoms with Gasteiger partial charge >= 0.3 is 0 Å². The Kier molecular flexibility index (Phi) is 5.12. The first kappa shape index (κ1) is 15.0. The summed E-state index contributed by atoms with van der Waals surface area (Å²) in [6.07, 6.45) is 2.78. The van der Waals surface area contributed by atoms with E-state index < -0.39 is 0 Å². The molecule has 4 heteroatoms. The van der Waals surface area contributed by atoms with Crippen LogP contribution in [0.25, 0.3) is 0 Å². The molecule has 1 atom stereocenters. The van der Waals surface area contributed by atoms with Gasteiger partial charge in [-0.2, -0.15) is 0 Å². The Morgan fingerprint density at radius 2 is 1.95 bits per heavy atom. The minimum absolute atomic E-state index is 0.0747. The van der Waals surface area contributed by atoms with E-state index in [2.05, 4.69) is 17.3 Å². The van der Waals surface area contributed by atoms with Crippen LogP contribution in [0.1, 0.15) is 37.8 Å². The molecule has 0 radical (unpaired) electrons. The number of nitrogens with one attached hydrogen (secondary N) is 1. The maximum atomic E-state index is 12.9. The zero-order valence-corrected chi connectivity index (χ0v) is 12.2. The Hall–Kier alpha value is -1.42. The molecule has 1 aliphatic rings. The third-order valence-electron chi connectivity index (χ3n) is 4.06. The summed E-state index contributed by atoms with van der Waals surface area (Å²) < 4.78 is 12.9. The average molecular weight is 278 g/mol. The van der Waals surface area contributed by atoms with Crippen molar-refractivity contribution in [1.29, 1.82) is 0 Å². The Labute approximate surface area is 120 Å². The van der Waals surface area contributed by atoms with Gasteiger partial charge in [0.05, 0.1) is 6.04 Å². The predicted octanol–water partition coefficient (Wildman–Crippen LogP) is 2.73. The van der Waals surface area contributed by atoms with E-state index in [-0.39, 0.29) is 17.8 Å². The monoisotopic (exact) mass is 278 g/mol. The first-order valence-electron chi connectivity index (χ1n) is 7.28. The summed E-state index contributed by atoms with van der Waals surface area (Å²) in [7, 11) is 2.12. The van der Waals surface area contributed by atoms with E-state index in [0.717, 1.165) is 31.5 Å². The van der Waals surface area contributed by atoms with E-state index >= 15 is 0 Å². The molecule has 0 saturated carbocycles. The first-order chi connectivity index (χ1) is 9.54. The fourth-order valence-electron chi connectivity index (χ4n) is 2.66. The number of nitrogens with zero attached hydrogens (tertiary/aromatic N) is 1. The summed E-state index contributed by atoms with van der Waals surface area (Å²) in [6, 6.07) is 6.21. The minimum Gasteiger partial charge on any atom is -0.350 e.